The van der Waals surface area contributed by atoms with E-state index in [0.717, 1.165) is 31.4 Å². The molecule has 0 aliphatic carbocycles. The maximum absolute atomic E-state index is 12.9. The van der Waals surface area contributed by atoms with Gasteiger partial charge in [0.2, 0.25) is 5.91 Å². The zero-order valence-electron chi connectivity index (χ0n) is 16.2. The number of pyridine rings is 1. The van der Waals surface area contributed by atoms with Crippen molar-refractivity contribution in [2.24, 2.45) is 5.92 Å². The van der Waals surface area contributed by atoms with Gasteiger partial charge in [-0.1, -0.05) is 6.07 Å². The van der Waals surface area contributed by atoms with Crippen LogP contribution in [0.4, 0.5) is 0 Å². The van der Waals surface area contributed by atoms with Crippen molar-refractivity contribution >= 4 is 17.3 Å². The van der Waals surface area contributed by atoms with Gasteiger partial charge >= 0.3 is 0 Å². The third-order valence-electron chi connectivity index (χ3n) is 5.61. The maximum atomic E-state index is 12.9. The van der Waals surface area contributed by atoms with Crippen LogP contribution in [0.25, 0.3) is 5.52 Å². The quantitative estimate of drug-likeness (QED) is 0.839. The summed E-state index contributed by atoms with van der Waals surface area (Å²) in [6.45, 7) is 4.04. The van der Waals surface area contributed by atoms with Gasteiger partial charge in [0.1, 0.15) is 0 Å². The third kappa shape index (κ3) is 4.02. The smallest absolute Gasteiger partial charge is 0.255 e. The molecule has 150 valence electrons. The first-order valence-corrected chi connectivity index (χ1v) is 9.90. The summed E-state index contributed by atoms with van der Waals surface area (Å²) in [5.74, 6) is 0.0734. The zero-order chi connectivity index (χ0) is 19.5. The zero-order valence-corrected chi connectivity index (χ0v) is 16.2. The molecule has 2 aromatic heterocycles. The summed E-state index contributed by atoms with van der Waals surface area (Å²) in [5.41, 5.74) is 1.37. The number of nitrogens with zero attached hydrogens (tertiary/aromatic N) is 4. The van der Waals surface area contributed by atoms with E-state index in [9.17, 15) is 9.59 Å². The number of likely N-dealkylation sites (tertiary alicyclic amines) is 1. The monoisotopic (exact) mass is 385 g/mol. The number of ether oxygens (including phenoxy) is 1. The molecule has 8 nitrogen and oxygen atoms in total. The summed E-state index contributed by atoms with van der Waals surface area (Å²) in [5, 5.41) is 7.38. The molecule has 4 rings (SSSR count). The molecule has 2 aliphatic heterocycles. The number of hydrogen-bond donors (Lipinski definition) is 1. The highest BCUT2D eigenvalue weighted by molar-refractivity contribution is 6.00. The molecule has 2 aromatic rings. The van der Waals surface area contributed by atoms with Gasteiger partial charge in [0.15, 0.2) is 0 Å². The van der Waals surface area contributed by atoms with E-state index in [1.165, 1.54) is 0 Å². The second-order valence-electron chi connectivity index (χ2n) is 7.69. The fraction of sp³-hybridized carbons (Fsp3) is 0.550. The highest BCUT2D eigenvalue weighted by Crippen LogP contribution is 2.20. The Labute approximate surface area is 164 Å². The average molecular weight is 385 g/mol. The van der Waals surface area contributed by atoms with Gasteiger partial charge in [-0.25, -0.2) is 4.52 Å². The summed E-state index contributed by atoms with van der Waals surface area (Å²) < 4.78 is 7.05. The summed E-state index contributed by atoms with van der Waals surface area (Å²) in [6, 6.07) is 5.68. The molecule has 0 spiro atoms. The van der Waals surface area contributed by atoms with Crippen molar-refractivity contribution in [1.29, 1.82) is 0 Å². The first-order chi connectivity index (χ1) is 13.6. The minimum absolute atomic E-state index is 0.0126. The Morgan fingerprint density at radius 1 is 1.18 bits per heavy atom. The number of carbonyl (C=O) groups is 2. The lowest BCUT2D eigenvalue weighted by Gasteiger charge is -2.31. The van der Waals surface area contributed by atoms with E-state index < -0.39 is 0 Å². The molecule has 0 saturated carbocycles. The SMILES string of the molecule is CN1C[C@@H](NC(=O)c2cnn3ccccc23)CC[C@@H](C(=O)N2CCOCC2)C1. The minimum Gasteiger partial charge on any atom is -0.378 e. The molecule has 0 unspecified atom stereocenters. The molecule has 2 fully saturated rings. The third-order valence-corrected chi connectivity index (χ3v) is 5.61. The van der Waals surface area contributed by atoms with Crippen LogP contribution >= 0.6 is 0 Å². The highest BCUT2D eigenvalue weighted by atomic mass is 16.5. The molecule has 2 aliphatic rings. The molecule has 4 heterocycles. The Kier molecular flexibility index (Phi) is 5.59. The second-order valence-corrected chi connectivity index (χ2v) is 7.69. The summed E-state index contributed by atoms with van der Waals surface area (Å²) >= 11 is 0. The van der Waals surface area contributed by atoms with Crippen molar-refractivity contribution in [3.63, 3.8) is 0 Å². The second kappa shape index (κ2) is 8.28. The van der Waals surface area contributed by atoms with Crippen molar-refractivity contribution in [3.8, 4) is 0 Å². The first-order valence-electron chi connectivity index (χ1n) is 9.90. The lowest BCUT2D eigenvalue weighted by molar-refractivity contribution is -0.140. The largest absolute Gasteiger partial charge is 0.378 e. The predicted molar refractivity (Wildman–Crippen MR) is 104 cm³/mol. The van der Waals surface area contributed by atoms with Crippen molar-refractivity contribution in [2.45, 2.75) is 18.9 Å². The molecule has 2 saturated heterocycles. The lowest BCUT2D eigenvalue weighted by Crippen LogP contribution is -2.45. The van der Waals surface area contributed by atoms with Gasteiger partial charge in [0.25, 0.3) is 5.91 Å². The summed E-state index contributed by atoms with van der Waals surface area (Å²) in [6.07, 6.45) is 5.00. The highest BCUT2D eigenvalue weighted by Gasteiger charge is 2.31. The van der Waals surface area contributed by atoms with Gasteiger partial charge in [-0.15, -0.1) is 0 Å². The number of morpholine rings is 1. The van der Waals surface area contributed by atoms with Crippen molar-refractivity contribution in [2.75, 3.05) is 46.4 Å². The fourth-order valence-electron chi connectivity index (χ4n) is 4.15. The van der Waals surface area contributed by atoms with E-state index in [-0.39, 0.29) is 23.8 Å². The number of amides is 2. The van der Waals surface area contributed by atoms with Gasteiger partial charge in [-0.2, -0.15) is 5.10 Å². The molecule has 0 radical (unpaired) electrons. The molecular weight excluding hydrogens is 358 g/mol. The number of carbonyl (C=O) groups excluding carboxylic acids is 2. The normalized spacial score (nSPS) is 24.1. The van der Waals surface area contributed by atoms with Crippen LogP contribution in [0.15, 0.2) is 30.6 Å². The minimum atomic E-state index is -0.113. The van der Waals surface area contributed by atoms with Crippen LogP contribution < -0.4 is 5.32 Å². The number of hydrogen-bond acceptors (Lipinski definition) is 5. The number of aromatic nitrogens is 2. The predicted octanol–water partition coefficient (Wildman–Crippen LogP) is 0.633. The van der Waals surface area contributed by atoms with Crippen LogP contribution in [-0.2, 0) is 9.53 Å². The van der Waals surface area contributed by atoms with Crippen LogP contribution in [0.1, 0.15) is 23.2 Å². The number of fused-ring (bicyclic) bond motifs is 1. The van der Waals surface area contributed by atoms with E-state index in [4.69, 9.17) is 4.74 Å². The lowest BCUT2D eigenvalue weighted by atomic mass is 10.00. The van der Waals surface area contributed by atoms with Crippen molar-refractivity contribution < 1.29 is 14.3 Å². The van der Waals surface area contributed by atoms with E-state index in [1.807, 2.05) is 36.3 Å². The molecule has 0 bridgehead atoms. The fourth-order valence-corrected chi connectivity index (χ4v) is 4.15. The van der Waals surface area contributed by atoms with E-state index in [2.05, 4.69) is 15.3 Å². The van der Waals surface area contributed by atoms with Crippen LogP contribution in [0.5, 0.6) is 0 Å². The molecule has 2 atom stereocenters. The standard InChI is InChI=1S/C20H27N5O3/c1-23-13-15(20(27)24-8-10-28-11-9-24)5-6-16(14-23)22-19(26)17-12-21-25-7-3-2-4-18(17)25/h2-4,7,12,15-16H,5-6,8-11,13-14H2,1H3,(H,22,26)/t15-,16+/m1/s1. The van der Waals surface area contributed by atoms with Crippen molar-refractivity contribution in [1.82, 2.24) is 24.7 Å². The summed E-state index contributed by atoms with van der Waals surface area (Å²) in [4.78, 5) is 29.7. The van der Waals surface area contributed by atoms with Crippen LogP contribution in [-0.4, -0.2) is 83.7 Å². The summed E-state index contributed by atoms with van der Waals surface area (Å²) in [7, 11) is 2.01. The van der Waals surface area contributed by atoms with Gasteiger partial charge < -0.3 is 19.9 Å². The molecule has 1 N–H and O–H groups in total. The Bertz CT molecular complexity index is 845. The topological polar surface area (TPSA) is 79.2 Å². The Hall–Kier alpha value is -2.45. The Balaban J connectivity index is 1.39. The van der Waals surface area contributed by atoms with Crippen LogP contribution in [0, 0.1) is 5.92 Å². The van der Waals surface area contributed by atoms with Gasteiger partial charge in [-0.3, -0.25) is 9.59 Å². The number of rotatable bonds is 3. The molecule has 28 heavy (non-hydrogen) atoms. The van der Waals surface area contributed by atoms with Crippen LogP contribution in [0.2, 0.25) is 0 Å². The number of nitrogens with one attached hydrogen (secondary N) is 1. The van der Waals surface area contributed by atoms with Crippen LogP contribution in [0.3, 0.4) is 0 Å². The number of likely N-dealkylation sites (N-methyl/N-ethyl adjacent to an activating group) is 1. The van der Waals surface area contributed by atoms with Gasteiger partial charge in [0, 0.05) is 38.4 Å². The molecule has 2 amide bonds. The molecular formula is C20H27N5O3. The Morgan fingerprint density at radius 2 is 2.00 bits per heavy atom. The van der Waals surface area contributed by atoms with E-state index in [0.29, 0.717) is 31.9 Å². The molecule has 0 aromatic carbocycles. The Morgan fingerprint density at radius 3 is 2.82 bits per heavy atom. The van der Waals surface area contributed by atoms with Gasteiger partial charge in [0.05, 0.1) is 36.4 Å². The van der Waals surface area contributed by atoms with E-state index >= 15 is 0 Å². The maximum Gasteiger partial charge on any atom is 0.255 e. The van der Waals surface area contributed by atoms with Gasteiger partial charge in [-0.05, 0) is 32.0 Å². The average Bonchev–Trinajstić information content (AvgIpc) is 3.06. The first kappa shape index (κ1) is 18.9. The van der Waals surface area contributed by atoms with E-state index in [1.54, 1.807) is 10.7 Å². The van der Waals surface area contributed by atoms with Crippen molar-refractivity contribution in [3.05, 3.63) is 36.2 Å². The molecule has 8 heteroatoms.